The molecule has 0 aliphatic carbocycles. The number of carbonyl (C=O) groups is 1. The summed E-state index contributed by atoms with van der Waals surface area (Å²) in [5.74, 6) is 1.27. The molecule has 0 aliphatic rings. The zero-order valence-corrected chi connectivity index (χ0v) is 15.8. The van der Waals surface area contributed by atoms with Crippen LogP contribution >= 0.6 is 0 Å². The minimum Gasteiger partial charge on any atom is -0.497 e. The summed E-state index contributed by atoms with van der Waals surface area (Å²) >= 11 is 0. The van der Waals surface area contributed by atoms with Crippen molar-refractivity contribution in [3.63, 3.8) is 0 Å². The number of benzene rings is 2. The van der Waals surface area contributed by atoms with E-state index in [9.17, 15) is 4.79 Å². The standard InChI is InChI=1S/C21H24N2O3/c1-12-8-13(2)16-11-19(23-18(16)9-12)21(24)22-14(3)17-10-15(25-4)6-7-20(17)26-5/h6-11,14,23H,1-5H3,(H,22,24). The number of hydrogen-bond donors (Lipinski definition) is 2. The van der Waals surface area contributed by atoms with Crippen LogP contribution in [0.1, 0.15) is 40.1 Å². The van der Waals surface area contributed by atoms with E-state index in [1.807, 2.05) is 44.2 Å². The Morgan fingerprint density at radius 1 is 1.08 bits per heavy atom. The molecule has 0 aliphatic heterocycles. The van der Waals surface area contributed by atoms with E-state index in [1.165, 1.54) is 5.56 Å². The molecule has 1 heterocycles. The average molecular weight is 352 g/mol. The van der Waals surface area contributed by atoms with Crippen molar-refractivity contribution in [2.45, 2.75) is 26.8 Å². The lowest BCUT2D eigenvalue weighted by molar-refractivity contribution is 0.0935. The zero-order valence-electron chi connectivity index (χ0n) is 15.8. The molecule has 26 heavy (non-hydrogen) atoms. The predicted octanol–water partition coefficient (Wildman–Crippen LogP) is 4.29. The van der Waals surface area contributed by atoms with Crippen molar-refractivity contribution in [2.75, 3.05) is 14.2 Å². The smallest absolute Gasteiger partial charge is 0.268 e. The molecule has 0 saturated heterocycles. The number of H-pyrrole nitrogens is 1. The number of amides is 1. The summed E-state index contributed by atoms with van der Waals surface area (Å²) in [7, 11) is 3.23. The fraction of sp³-hybridized carbons (Fsp3) is 0.286. The highest BCUT2D eigenvalue weighted by atomic mass is 16.5. The normalized spacial score (nSPS) is 12.0. The Kier molecular flexibility index (Phi) is 4.89. The van der Waals surface area contributed by atoms with E-state index in [0.29, 0.717) is 11.4 Å². The van der Waals surface area contributed by atoms with Crippen LogP contribution in [0, 0.1) is 13.8 Å². The van der Waals surface area contributed by atoms with Gasteiger partial charge in [0, 0.05) is 16.5 Å². The number of aromatic nitrogens is 1. The maximum Gasteiger partial charge on any atom is 0.268 e. The molecule has 1 unspecified atom stereocenters. The van der Waals surface area contributed by atoms with Gasteiger partial charge >= 0.3 is 0 Å². The Bertz CT molecular complexity index is 959. The quantitative estimate of drug-likeness (QED) is 0.720. The molecule has 0 spiro atoms. The molecule has 1 atom stereocenters. The lowest BCUT2D eigenvalue weighted by Gasteiger charge is -2.18. The average Bonchev–Trinajstić information content (AvgIpc) is 3.05. The summed E-state index contributed by atoms with van der Waals surface area (Å²) in [5.41, 5.74) is 4.70. The van der Waals surface area contributed by atoms with Gasteiger partial charge in [-0.15, -0.1) is 0 Å². The van der Waals surface area contributed by atoms with E-state index in [2.05, 4.69) is 23.3 Å². The van der Waals surface area contributed by atoms with Crippen LogP contribution in [0.5, 0.6) is 11.5 Å². The molecule has 0 saturated carbocycles. The molecular formula is C21H24N2O3. The first-order valence-corrected chi connectivity index (χ1v) is 8.55. The number of fused-ring (bicyclic) bond motifs is 1. The molecule has 0 radical (unpaired) electrons. The van der Waals surface area contributed by atoms with Gasteiger partial charge in [-0.3, -0.25) is 4.79 Å². The van der Waals surface area contributed by atoms with Crippen molar-refractivity contribution in [1.82, 2.24) is 10.3 Å². The van der Waals surface area contributed by atoms with E-state index in [1.54, 1.807) is 14.2 Å². The fourth-order valence-corrected chi connectivity index (χ4v) is 3.25. The highest BCUT2D eigenvalue weighted by Crippen LogP contribution is 2.29. The second-order valence-electron chi connectivity index (χ2n) is 6.53. The minimum absolute atomic E-state index is 0.157. The molecule has 0 bridgehead atoms. The number of aromatic amines is 1. The summed E-state index contributed by atoms with van der Waals surface area (Å²) in [6.07, 6.45) is 0. The van der Waals surface area contributed by atoms with Crippen LogP contribution in [-0.4, -0.2) is 25.1 Å². The molecular weight excluding hydrogens is 328 g/mol. The van der Waals surface area contributed by atoms with Gasteiger partial charge in [-0.1, -0.05) is 6.07 Å². The van der Waals surface area contributed by atoms with Crippen LogP contribution in [0.2, 0.25) is 0 Å². The van der Waals surface area contributed by atoms with Crippen molar-refractivity contribution in [1.29, 1.82) is 0 Å². The van der Waals surface area contributed by atoms with Crippen LogP contribution in [0.15, 0.2) is 36.4 Å². The van der Waals surface area contributed by atoms with Gasteiger partial charge in [-0.2, -0.15) is 0 Å². The Balaban J connectivity index is 1.87. The first kappa shape index (κ1) is 17.9. The SMILES string of the molecule is COc1ccc(OC)c(C(C)NC(=O)c2cc3c(C)cc(C)cc3[nH]2)c1. The Labute approximate surface area is 153 Å². The van der Waals surface area contributed by atoms with Gasteiger partial charge in [0.1, 0.15) is 17.2 Å². The van der Waals surface area contributed by atoms with Gasteiger partial charge in [0.2, 0.25) is 0 Å². The number of carbonyl (C=O) groups excluding carboxylic acids is 1. The van der Waals surface area contributed by atoms with Crippen LogP contribution in [0.3, 0.4) is 0 Å². The number of methoxy groups -OCH3 is 2. The third kappa shape index (κ3) is 3.38. The maximum atomic E-state index is 12.7. The topological polar surface area (TPSA) is 63.4 Å². The van der Waals surface area contributed by atoms with Crippen molar-refractivity contribution >= 4 is 16.8 Å². The van der Waals surface area contributed by atoms with Gasteiger partial charge in [0.25, 0.3) is 5.91 Å². The molecule has 2 N–H and O–H groups in total. The van der Waals surface area contributed by atoms with Crippen LogP contribution in [0.4, 0.5) is 0 Å². The number of aryl methyl sites for hydroxylation is 2. The predicted molar refractivity (Wildman–Crippen MR) is 103 cm³/mol. The van der Waals surface area contributed by atoms with Gasteiger partial charge in [-0.05, 0) is 62.2 Å². The molecule has 5 nitrogen and oxygen atoms in total. The summed E-state index contributed by atoms with van der Waals surface area (Å²) in [4.78, 5) is 16.0. The van der Waals surface area contributed by atoms with E-state index in [-0.39, 0.29) is 11.9 Å². The molecule has 3 aromatic rings. The monoisotopic (exact) mass is 352 g/mol. The van der Waals surface area contributed by atoms with E-state index < -0.39 is 0 Å². The molecule has 136 valence electrons. The third-order valence-electron chi connectivity index (χ3n) is 4.58. The Morgan fingerprint density at radius 3 is 2.54 bits per heavy atom. The fourth-order valence-electron chi connectivity index (χ4n) is 3.25. The van der Waals surface area contributed by atoms with Crippen LogP contribution in [-0.2, 0) is 0 Å². The number of hydrogen-bond acceptors (Lipinski definition) is 3. The van der Waals surface area contributed by atoms with E-state index in [0.717, 1.165) is 27.8 Å². The van der Waals surface area contributed by atoms with Gasteiger partial charge < -0.3 is 19.8 Å². The number of rotatable bonds is 5. The molecule has 1 aromatic heterocycles. The number of nitrogens with one attached hydrogen (secondary N) is 2. The molecule has 0 fully saturated rings. The highest BCUT2D eigenvalue weighted by Gasteiger charge is 2.18. The van der Waals surface area contributed by atoms with E-state index in [4.69, 9.17) is 9.47 Å². The second-order valence-corrected chi connectivity index (χ2v) is 6.53. The summed E-state index contributed by atoms with van der Waals surface area (Å²) in [5, 5.41) is 4.09. The molecule has 5 heteroatoms. The van der Waals surface area contributed by atoms with E-state index >= 15 is 0 Å². The zero-order chi connectivity index (χ0) is 18.8. The lowest BCUT2D eigenvalue weighted by Crippen LogP contribution is -2.27. The Morgan fingerprint density at radius 2 is 1.85 bits per heavy atom. The molecule has 3 rings (SSSR count). The van der Waals surface area contributed by atoms with Crippen molar-refractivity contribution < 1.29 is 14.3 Å². The molecule has 1 amide bonds. The lowest BCUT2D eigenvalue weighted by atomic mass is 10.1. The van der Waals surface area contributed by atoms with Gasteiger partial charge in [-0.25, -0.2) is 0 Å². The largest absolute Gasteiger partial charge is 0.497 e. The van der Waals surface area contributed by atoms with Crippen LogP contribution in [0.25, 0.3) is 10.9 Å². The van der Waals surface area contributed by atoms with Crippen LogP contribution < -0.4 is 14.8 Å². The first-order valence-electron chi connectivity index (χ1n) is 8.55. The summed E-state index contributed by atoms with van der Waals surface area (Å²) in [6, 6.07) is 11.4. The van der Waals surface area contributed by atoms with Crippen molar-refractivity contribution in [2.24, 2.45) is 0 Å². The maximum absolute atomic E-state index is 12.7. The second kappa shape index (κ2) is 7.12. The number of ether oxygens (including phenoxy) is 2. The third-order valence-corrected chi connectivity index (χ3v) is 4.58. The minimum atomic E-state index is -0.234. The van der Waals surface area contributed by atoms with Gasteiger partial charge in [0.15, 0.2) is 0 Å². The van der Waals surface area contributed by atoms with Gasteiger partial charge in [0.05, 0.1) is 20.3 Å². The van der Waals surface area contributed by atoms with Crippen molar-refractivity contribution in [3.05, 3.63) is 58.8 Å². The summed E-state index contributed by atoms with van der Waals surface area (Å²) in [6.45, 7) is 6.02. The first-order chi connectivity index (χ1) is 12.4. The highest BCUT2D eigenvalue weighted by molar-refractivity contribution is 5.99. The molecule has 2 aromatic carbocycles. The summed E-state index contributed by atoms with van der Waals surface area (Å²) < 4.78 is 10.7. The van der Waals surface area contributed by atoms with Crippen molar-refractivity contribution in [3.8, 4) is 11.5 Å². The Hall–Kier alpha value is -2.95.